The number of rotatable bonds is 7. The molecule has 0 spiro atoms. The third kappa shape index (κ3) is 6.85. The van der Waals surface area contributed by atoms with E-state index in [0.29, 0.717) is 6.42 Å². The van der Waals surface area contributed by atoms with Gasteiger partial charge in [-0.25, -0.2) is 13.1 Å². The zero-order valence-electron chi connectivity index (χ0n) is 12.6. The van der Waals surface area contributed by atoms with E-state index in [4.69, 9.17) is 5.11 Å². The van der Waals surface area contributed by atoms with Crippen molar-refractivity contribution in [2.24, 2.45) is 5.41 Å². The average molecular weight is 308 g/mol. The highest BCUT2D eigenvalue weighted by Crippen LogP contribution is 2.22. The summed E-state index contributed by atoms with van der Waals surface area (Å²) in [6, 6.07) is -0.997. The quantitative estimate of drug-likeness (QED) is 0.703. The molecule has 0 aliphatic heterocycles. The Balaban J connectivity index is 5.32. The largest absolute Gasteiger partial charge is 0.480 e. The molecule has 118 valence electrons. The topological polar surface area (TPSA) is 104 Å². The van der Waals surface area contributed by atoms with Gasteiger partial charge in [0.15, 0.2) is 0 Å². The number of carbonyl (C=O) groups excluding carboxylic acids is 1. The first-order valence-electron chi connectivity index (χ1n) is 6.36. The van der Waals surface area contributed by atoms with Gasteiger partial charge >= 0.3 is 5.97 Å². The van der Waals surface area contributed by atoms with E-state index < -0.39 is 39.9 Å². The molecule has 1 atom stereocenters. The highest BCUT2D eigenvalue weighted by molar-refractivity contribution is 7.88. The van der Waals surface area contributed by atoms with Crippen molar-refractivity contribution >= 4 is 21.9 Å². The molecule has 2 N–H and O–H groups in total. The minimum absolute atomic E-state index is 0.267. The molecule has 8 heteroatoms. The van der Waals surface area contributed by atoms with Gasteiger partial charge < -0.3 is 10.0 Å². The molecular formula is C12H24N2O5S. The van der Waals surface area contributed by atoms with Gasteiger partial charge in [0.2, 0.25) is 15.9 Å². The summed E-state index contributed by atoms with van der Waals surface area (Å²) in [6.45, 7) is 6.81. The lowest BCUT2D eigenvalue weighted by atomic mass is 9.86. The number of carboxylic acid groups (broad SMARTS) is 1. The van der Waals surface area contributed by atoms with E-state index in [2.05, 4.69) is 4.72 Å². The predicted molar refractivity (Wildman–Crippen MR) is 75.7 cm³/mol. The molecule has 0 aliphatic carbocycles. The standard InChI is InChI=1S/C12H24N2O5S/c1-6-7-14(8-9(15)16)11(17)10(12(2,3)4)13-20(5,18)19/h10,13H,6-8H2,1-5H3,(H,15,16). The van der Waals surface area contributed by atoms with Crippen molar-refractivity contribution in [3.05, 3.63) is 0 Å². The molecule has 0 rings (SSSR count). The van der Waals surface area contributed by atoms with E-state index in [1.54, 1.807) is 20.8 Å². The molecule has 0 fully saturated rings. The molecule has 0 aliphatic rings. The number of nitrogens with zero attached hydrogens (tertiary/aromatic N) is 1. The molecule has 7 nitrogen and oxygen atoms in total. The van der Waals surface area contributed by atoms with E-state index in [-0.39, 0.29) is 6.54 Å². The monoisotopic (exact) mass is 308 g/mol. The summed E-state index contributed by atoms with van der Waals surface area (Å²) in [5, 5.41) is 8.84. The van der Waals surface area contributed by atoms with E-state index in [1.807, 2.05) is 6.92 Å². The number of amides is 1. The molecule has 0 saturated carbocycles. The molecule has 0 radical (unpaired) electrons. The number of carboxylic acids is 1. The fourth-order valence-corrected chi connectivity index (χ4v) is 2.58. The molecule has 20 heavy (non-hydrogen) atoms. The SMILES string of the molecule is CCCN(CC(=O)O)C(=O)C(NS(C)(=O)=O)C(C)(C)C. The number of sulfonamides is 1. The molecule has 1 unspecified atom stereocenters. The zero-order chi connectivity index (χ0) is 16.1. The van der Waals surface area contributed by atoms with Gasteiger partial charge in [0.25, 0.3) is 0 Å². The summed E-state index contributed by atoms with van der Waals surface area (Å²) in [6.07, 6.45) is 1.56. The fraction of sp³-hybridized carbons (Fsp3) is 0.833. The lowest BCUT2D eigenvalue weighted by molar-refractivity contribution is -0.146. The molecular weight excluding hydrogens is 284 g/mol. The van der Waals surface area contributed by atoms with Crippen LogP contribution in [0.4, 0.5) is 0 Å². The first kappa shape index (κ1) is 18.9. The fourth-order valence-electron chi connectivity index (χ4n) is 1.69. The Labute approximate surface area is 120 Å². The minimum atomic E-state index is -3.57. The Bertz CT molecular complexity index is 453. The molecule has 0 bridgehead atoms. The number of carbonyl (C=O) groups is 2. The third-order valence-electron chi connectivity index (χ3n) is 2.58. The summed E-state index contributed by atoms with van der Waals surface area (Å²) in [7, 11) is -3.57. The third-order valence-corrected chi connectivity index (χ3v) is 3.24. The van der Waals surface area contributed by atoms with Gasteiger partial charge in [-0.3, -0.25) is 9.59 Å². The minimum Gasteiger partial charge on any atom is -0.480 e. The highest BCUT2D eigenvalue weighted by atomic mass is 32.2. The lowest BCUT2D eigenvalue weighted by Gasteiger charge is -2.33. The van der Waals surface area contributed by atoms with Crippen molar-refractivity contribution in [1.29, 1.82) is 0 Å². The first-order chi connectivity index (χ1) is 8.88. The van der Waals surface area contributed by atoms with Crippen molar-refractivity contribution in [3.63, 3.8) is 0 Å². The average Bonchev–Trinajstić information content (AvgIpc) is 2.21. The molecule has 0 aromatic heterocycles. The second-order valence-electron chi connectivity index (χ2n) is 5.84. The van der Waals surface area contributed by atoms with Gasteiger partial charge in [0.05, 0.1) is 6.26 Å². The van der Waals surface area contributed by atoms with E-state index in [9.17, 15) is 18.0 Å². The molecule has 0 aromatic rings. The summed E-state index contributed by atoms with van der Waals surface area (Å²) in [4.78, 5) is 24.4. The first-order valence-corrected chi connectivity index (χ1v) is 8.25. The number of hydrogen-bond donors (Lipinski definition) is 2. The summed E-state index contributed by atoms with van der Waals surface area (Å²) >= 11 is 0. The van der Waals surface area contributed by atoms with Crippen molar-refractivity contribution in [1.82, 2.24) is 9.62 Å². The van der Waals surface area contributed by atoms with Crippen molar-refractivity contribution in [2.45, 2.75) is 40.2 Å². The number of aliphatic carboxylic acids is 1. The van der Waals surface area contributed by atoms with Gasteiger partial charge in [0.1, 0.15) is 12.6 Å². The normalized spacial score (nSPS) is 13.8. The van der Waals surface area contributed by atoms with Crippen LogP contribution < -0.4 is 4.72 Å². The molecule has 1 amide bonds. The van der Waals surface area contributed by atoms with Gasteiger partial charge in [-0.1, -0.05) is 27.7 Å². The second kappa shape index (κ2) is 7.03. The van der Waals surface area contributed by atoms with E-state index in [1.165, 1.54) is 0 Å². The lowest BCUT2D eigenvalue weighted by Crippen LogP contribution is -2.55. The van der Waals surface area contributed by atoms with Crippen LogP contribution in [0.25, 0.3) is 0 Å². The van der Waals surface area contributed by atoms with Crippen molar-refractivity contribution in [3.8, 4) is 0 Å². The van der Waals surface area contributed by atoms with Gasteiger partial charge in [-0.2, -0.15) is 0 Å². The maximum Gasteiger partial charge on any atom is 0.323 e. The predicted octanol–water partition coefficient (Wildman–Crippen LogP) is 0.274. The molecule has 0 aromatic carbocycles. The zero-order valence-corrected chi connectivity index (χ0v) is 13.5. The van der Waals surface area contributed by atoms with Crippen LogP contribution in [0.3, 0.4) is 0 Å². The smallest absolute Gasteiger partial charge is 0.323 e. The Hall–Kier alpha value is -1.15. The number of hydrogen-bond acceptors (Lipinski definition) is 4. The van der Waals surface area contributed by atoms with Crippen LogP contribution in [-0.2, 0) is 19.6 Å². The van der Waals surface area contributed by atoms with Crippen LogP contribution in [0, 0.1) is 5.41 Å². The van der Waals surface area contributed by atoms with E-state index in [0.717, 1.165) is 11.2 Å². The summed E-state index contributed by atoms with van der Waals surface area (Å²) < 4.78 is 25.1. The number of nitrogens with one attached hydrogen (secondary N) is 1. The van der Waals surface area contributed by atoms with Gasteiger partial charge in [-0.05, 0) is 11.8 Å². The van der Waals surface area contributed by atoms with Crippen molar-refractivity contribution in [2.75, 3.05) is 19.3 Å². The molecule has 0 heterocycles. The van der Waals surface area contributed by atoms with Crippen LogP contribution in [0.1, 0.15) is 34.1 Å². The van der Waals surface area contributed by atoms with Crippen molar-refractivity contribution < 1.29 is 23.1 Å². The Morgan fingerprint density at radius 1 is 1.30 bits per heavy atom. The maximum absolute atomic E-state index is 12.4. The van der Waals surface area contributed by atoms with Crippen LogP contribution in [0.15, 0.2) is 0 Å². The Kier molecular flexibility index (Phi) is 6.63. The maximum atomic E-state index is 12.4. The van der Waals surface area contributed by atoms with Crippen LogP contribution >= 0.6 is 0 Å². The van der Waals surface area contributed by atoms with Gasteiger partial charge in [-0.15, -0.1) is 0 Å². The Morgan fingerprint density at radius 2 is 1.80 bits per heavy atom. The Morgan fingerprint density at radius 3 is 2.10 bits per heavy atom. The van der Waals surface area contributed by atoms with Crippen LogP contribution in [-0.4, -0.2) is 55.7 Å². The van der Waals surface area contributed by atoms with Crippen LogP contribution in [0.5, 0.6) is 0 Å². The summed E-state index contributed by atoms with van der Waals surface area (Å²) in [5.74, 6) is -1.65. The second-order valence-corrected chi connectivity index (χ2v) is 7.62. The van der Waals surface area contributed by atoms with Gasteiger partial charge in [0, 0.05) is 6.54 Å². The highest BCUT2D eigenvalue weighted by Gasteiger charge is 2.36. The van der Waals surface area contributed by atoms with Crippen LogP contribution in [0.2, 0.25) is 0 Å². The van der Waals surface area contributed by atoms with E-state index >= 15 is 0 Å². The summed E-state index contributed by atoms with van der Waals surface area (Å²) in [5.41, 5.74) is -0.662. The molecule has 0 saturated heterocycles.